The fraction of sp³-hybridized carbons (Fsp3) is 0.455. The van der Waals surface area contributed by atoms with Gasteiger partial charge in [0.15, 0.2) is 11.5 Å². The summed E-state index contributed by atoms with van der Waals surface area (Å²) in [7, 11) is 1.59. The van der Waals surface area contributed by atoms with Crippen molar-refractivity contribution in [3.8, 4) is 17.2 Å². The maximum atomic E-state index is 8.73. The van der Waals surface area contributed by atoms with Crippen LogP contribution in [0.2, 0.25) is 0 Å². The van der Waals surface area contributed by atoms with Crippen LogP contribution in [0, 0.1) is 0 Å². The molecular formula is C11H14O4. The Morgan fingerprint density at radius 2 is 2.33 bits per heavy atom. The Balaban J connectivity index is 2.34. The molecule has 1 aliphatic heterocycles. The predicted octanol–water partition coefficient (Wildman–Crippen LogP) is 1.00. The Kier molecular flexibility index (Phi) is 2.97. The van der Waals surface area contributed by atoms with Crippen LogP contribution in [0.15, 0.2) is 12.1 Å². The van der Waals surface area contributed by atoms with E-state index in [1.54, 1.807) is 7.11 Å². The van der Waals surface area contributed by atoms with Crippen molar-refractivity contribution in [3.63, 3.8) is 0 Å². The molecule has 0 aliphatic carbocycles. The number of aliphatic hydroxyl groups is 1. The lowest BCUT2D eigenvalue weighted by atomic mass is 10.1. The highest BCUT2D eigenvalue weighted by Gasteiger charge is 2.21. The second-order valence-corrected chi connectivity index (χ2v) is 3.26. The average molecular weight is 210 g/mol. The maximum absolute atomic E-state index is 8.73. The van der Waals surface area contributed by atoms with E-state index in [1.807, 2.05) is 12.1 Å². The quantitative estimate of drug-likeness (QED) is 0.805. The zero-order valence-corrected chi connectivity index (χ0v) is 8.66. The van der Waals surface area contributed by atoms with E-state index in [1.165, 1.54) is 0 Å². The number of hydrogen-bond donors (Lipinski definition) is 1. The minimum atomic E-state index is -0.0210. The number of methoxy groups -OCH3 is 1. The highest BCUT2D eigenvalue weighted by molar-refractivity contribution is 5.57. The Hall–Kier alpha value is -1.42. The molecule has 0 fully saturated rings. The fourth-order valence-corrected chi connectivity index (χ4v) is 1.65. The van der Waals surface area contributed by atoms with Crippen LogP contribution >= 0.6 is 0 Å². The fourth-order valence-electron chi connectivity index (χ4n) is 1.65. The molecule has 0 bridgehead atoms. The zero-order valence-electron chi connectivity index (χ0n) is 8.66. The number of benzene rings is 1. The van der Waals surface area contributed by atoms with E-state index in [2.05, 4.69) is 0 Å². The minimum absolute atomic E-state index is 0.0210. The summed E-state index contributed by atoms with van der Waals surface area (Å²) in [5.74, 6) is 1.99. The summed E-state index contributed by atoms with van der Waals surface area (Å²) < 4.78 is 16.1. The predicted molar refractivity (Wildman–Crippen MR) is 54.8 cm³/mol. The first-order valence-electron chi connectivity index (χ1n) is 4.93. The van der Waals surface area contributed by atoms with Gasteiger partial charge in [-0.2, -0.15) is 0 Å². The second kappa shape index (κ2) is 4.40. The number of aliphatic hydroxyl groups excluding tert-OH is 1. The molecule has 4 nitrogen and oxygen atoms in total. The first-order valence-corrected chi connectivity index (χ1v) is 4.93. The van der Waals surface area contributed by atoms with Crippen LogP contribution in [-0.4, -0.2) is 32.0 Å². The van der Waals surface area contributed by atoms with Gasteiger partial charge in [0, 0.05) is 12.0 Å². The van der Waals surface area contributed by atoms with E-state index < -0.39 is 0 Å². The van der Waals surface area contributed by atoms with E-state index in [0.717, 1.165) is 17.7 Å². The lowest BCUT2D eigenvalue weighted by molar-refractivity contribution is 0.190. The molecular weight excluding hydrogens is 196 g/mol. The van der Waals surface area contributed by atoms with Crippen molar-refractivity contribution in [2.45, 2.75) is 6.42 Å². The number of rotatable bonds is 4. The third-order valence-electron chi connectivity index (χ3n) is 2.33. The molecule has 0 saturated heterocycles. The molecule has 4 heteroatoms. The number of ether oxygens (including phenoxy) is 3. The zero-order chi connectivity index (χ0) is 10.7. The van der Waals surface area contributed by atoms with Crippen LogP contribution in [-0.2, 0) is 6.42 Å². The van der Waals surface area contributed by atoms with Gasteiger partial charge >= 0.3 is 0 Å². The Bertz CT molecular complexity index is 349. The molecule has 82 valence electrons. The van der Waals surface area contributed by atoms with Crippen molar-refractivity contribution in [1.82, 2.24) is 0 Å². The summed E-state index contributed by atoms with van der Waals surface area (Å²) >= 11 is 0. The molecule has 15 heavy (non-hydrogen) atoms. The van der Waals surface area contributed by atoms with E-state index in [4.69, 9.17) is 19.3 Å². The Morgan fingerprint density at radius 3 is 3.07 bits per heavy atom. The van der Waals surface area contributed by atoms with Gasteiger partial charge in [-0.05, 0) is 6.07 Å². The van der Waals surface area contributed by atoms with Gasteiger partial charge in [-0.25, -0.2) is 0 Å². The molecule has 0 spiro atoms. The lowest BCUT2D eigenvalue weighted by Gasteiger charge is -2.13. The van der Waals surface area contributed by atoms with Gasteiger partial charge in [-0.15, -0.1) is 0 Å². The van der Waals surface area contributed by atoms with Gasteiger partial charge in [0.1, 0.15) is 6.61 Å². The van der Waals surface area contributed by atoms with Crippen molar-refractivity contribution in [2.24, 2.45) is 0 Å². The molecule has 1 aromatic carbocycles. The summed E-state index contributed by atoms with van der Waals surface area (Å²) in [6.45, 7) is 0.904. The van der Waals surface area contributed by atoms with Crippen molar-refractivity contribution in [1.29, 1.82) is 0 Å². The summed E-state index contributed by atoms with van der Waals surface area (Å²) in [6.07, 6.45) is 0.898. The summed E-state index contributed by atoms with van der Waals surface area (Å²) in [4.78, 5) is 0. The van der Waals surface area contributed by atoms with Crippen molar-refractivity contribution in [3.05, 3.63) is 17.7 Å². The van der Waals surface area contributed by atoms with E-state index >= 15 is 0 Å². The first kappa shape index (κ1) is 10.1. The number of hydrogen-bond acceptors (Lipinski definition) is 4. The van der Waals surface area contributed by atoms with Gasteiger partial charge < -0.3 is 19.3 Å². The smallest absolute Gasteiger partial charge is 0.203 e. The lowest BCUT2D eigenvalue weighted by Crippen LogP contribution is -2.04. The SMILES string of the molecule is COc1ccc2c(c1OCCO)OCC2. The molecule has 0 saturated carbocycles. The average Bonchev–Trinajstić information content (AvgIpc) is 2.73. The highest BCUT2D eigenvalue weighted by atomic mass is 16.5. The van der Waals surface area contributed by atoms with Crippen LogP contribution in [0.25, 0.3) is 0 Å². The standard InChI is InChI=1S/C11H14O4/c1-13-9-3-2-8-4-6-14-10(8)11(9)15-7-5-12/h2-3,12H,4-7H2,1H3. The van der Waals surface area contributed by atoms with E-state index in [9.17, 15) is 0 Å². The molecule has 0 radical (unpaired) electrons. The monoisotopic (exact) mass is 210 g/mol. The molecule has 1 aliphatic rings. The van der Waals surface area contributed by atoms with Gasteiger partial charge in [0.05, 0.1) is 20.3 Å². The molecule has 0 amide bonds. The summed E-state index contributed by atoms with van der Waals surface area (Å²) in [6, 6.07) is 3.84. The normalized spacial score (nSPS) is 13.2. The molecule has 0 unspecified atom stereocenters. The topological polar surface area (TPSA) is 47.9 Å². The minimum Gasteiger partial charge on any atom is -0.493 e. The number of fused-ring (bicyclic) bond motifs is 1. The Morgan fingerprint density at radius 1 is 1.47 bits per heavy atom. The van der Waals surface area contributed by atoms with Crippen LogP contribution in [0.1, 0.15) is 5.56 Å². The van der Waals surface area contributed by atoms with E-state index in [-0.39, 0.29) is 13.2 Å². The van der Waals surface area contributed by atoms with Crippen molar-refractivity contribution in [2.75, 3.05) is 26.9 Å². The largest absolute Gasteiger partial charge is 0.493 e. The molecule has 0 atom stereocenters. The Labute approximate surface area is 88.4 Å². The summed E-state index contributed by atoms with van der Waals surface area (Å²) in [5, 5.41) is 8.73. The van der Waals surface area contributed by atoms with Crippen molar-refractivity contribution >= 4 is 0 Å². The maximum Gasteiger partial charge on any atom is 0.203 e. The molecule has 1 heterocycles. The molecule has 1 N–H and O–H groups in total. The van der Waals surface area contributed by atoms with Gasteiger partial charge in [0.2, 0.25) is 5.75 Å². The van der Waals surface area contributed by atoms with Crippen LogP contribution in [0.3, 0.4) is 0 Å². The van der Waals surface area contributed by atoms with E-state index in [0.29, 0.717) is 18.1 Å². The van der Waals surface area contributed by atoms with Crippen LogP contribution in [0.5, 0.6) is 17.2 Å². The van der Waals surface area contributed by atoms with Gasteiger partial charge in [-0.1, -0.05) is 6.07 Å². The van der Waals surface area contributed by atoms with Gasteiger partial charge in [0.25, 0.3) is 0 Å². The molecule has 2 rings (SSSR count). The van der Waals surface area contributed by atoms with Crippen molar-refractivity contribution < 1.29 is 19.3 Å². The summed E-state index contributed by atoms with van der Waals surface area (Å²) in [5.41, 5.74) is 1.13. The van der Waals surface area contributed by atoms with Gasteiger partial charge in [-0.3, -0.25) is 0 Å². The molecule has 0 aromatic heterocycles. The third kappa shape index (κ3) is 1.85. The van der Waals surface area contributed by atoms with Crippen LogP contribution < -0.4 is 14.2 Å². The first-order chi connectivity index (χ1) is 7.36. The second-order valence-electron chi connectivity index (χ2n) is 3.26. The highest BCUT2D eigenvalue weighted by Crippen LogP contribution is 2.42. The molecule has 1 aromatic rings. The van der Waals surface area contributed by atoms with Crippen LogP contribution in [0.4, 0.5) is 0 Å². The third-order valence-corrected chi connectivity index (χ3v) is 2.33.